The van der Waals surface area contributed by atoms with E-state index in [1.165, 1.54) is 6.08 Å². The van der Waals surface area contributed by atoms with Gasteiger partial charge in [-0.1, -0.05) is 30.8 Å². The molecule has 0 saturated heterocycles. The van der Waals surface area contributed by atoms with Crippen LogP contribution in [0.4, 0.5) is 5.95 Å². The number of anilines is 1. The molecule has 0 aliphatic carbocycles. The molecule has 0 radical (unpaired) electrons. The number of pyridine rings is 1. The molecule has 4 aromatic rings. The van der Waals surface area contributed by atoms with Crippen LogP contribution in [0.25, 0.3) is 22.3 Å². The SMILES string of the molecule is C=CC(=O)NC1CCCOc2ccccc2-c2cc(cc(C)n2)C(=O)Nc2nc3ccccc3n2C1. The summed E-state index contributed by atoms with van der Waals surface area (Å²) in [5.74, 6) is 0.569. The number of hydrogen-bond donors (Lipinski definition) is 2. The summed E-state index contributed by atoms with van der Waals surface area (Å²) in [5.41, 5.74) is 4.29. The maximum atomic E-state index is 13.4. The van der Waals surface area contributed by atoms with Crippen molar-refractivity contribution in [3.05, 3.63) is 84.6 Å². The summed E-state index contributed by atoms with van der Waals surface area (Å²) in [4.78, 5) is 35.0. The molecule has 182 valence electrons. The van der Waals surface area contributed by atoms with Gasteiger partial charge in [-0.2, -0.15) is 0 Å². The van der Waals surface area contributed by atoms with E-state index in [2.05, 4.69) is 27.2 Å². The van der Waals surface area contributed by atoms with Gasteiger partial charge in [0.25, 0.3) is 5.91 Å². The predicted molar refractivity (Wildman–Crippen MR) is 139 cm³/mol. The Morgan fingerprint density at radius 3 is 2.83 bits per heavy atom. The van der Waals surface area contributed by atoms with Gasteiger partial charge in [-0.3, -0.25) is 19.9 Å². The number of imidazole rings is 1. The van der Waals surface area contributed by atoms with Crippen molar-refractivity contribution >= 4 is 28.8 Å². The molecule has 1 aliphatic rings. The van der Waals surface area contributed by atoms with Crippen molar-refractivity contribution in [2.45, 2.75) is 32.4 Å². The Labute approximate surface area is 209 Å². The van der Waals surface area contributed by atoms with E-state index < -0.39 is 0 Å². The van der Waals surface area contributed by atoms with E-state index >= 15 is 0 Å². The summed E-state index contributed by atoms with van der Waals surface area (Å²) in [6.45, 7) is 6.33. The minimum absolute atomic E-state index is 0.224. The molecule has 2 aromatic carbocycles. The lowest BCUT2D eigenvalue weighted by Gasteiger charge is -2.20. The molecule has 3 heterocycles. The number of amides is 2. The molecule has 2 amide bonds. The minimum Gasteiger partial charge on any atom is -0.493 e. The first-order valence-corrected chi connectivity index (χ1v) is 11.9. The van der Waals surface area contributed by atoms with Gasteiger partial charge in [0.05, 0.1) is 23.3 Å². The number of nitrogens with one attached hydrogen (secondary N) is 2. The number of nitrogens with zero attached hydrogens (tertiary/aromatic N) is 3. The molecule has 8 heteroatoms. The standard InChI is InChI=1S/C28H27N5O3/c1-3-26(34)30-20-9-8-14-36-25-13-7-4-10-21(25)23-16-19(15-18(2)29-23)27(35)32-28-31-22-11-5-6-12-24(22)33(28)17-20/h3-7,10-13,15-16,20H,1,8-9,14,17H2,2H3,(H,30,34)(H,31,32,35). The fourth-order valence-corrected chi connectivity index (χ4v) is 4.47. The zero-order chi connectivity index (χ0) is 25.1. The average molecular weight is 482 g/mol. The third kappa shape index (κ3) is 4.84. The number of rotatable bonds is 2. The maximum absolute atomic E-state index is 13.4. The van der Waals surface area contributed by atoms with Gasteiger partial charge in [-0.15, -0.1) is 0 Å². The third-order valence-electron chi connectivity index (χ3n) is 6.15. The Morgan fingerprint density at radius 1 is 1.17 bits per heavy atom. The summed E-state index contributed by atoms with van der Waals surface area (Å²) in [6.07, 6.45) is 2.63. The van der Waals surface area contributed by atoms with E-state index in [0.717, 1.165) is 22.3 Å². The molecule has 1 unspecified atom stereocenters. The number of ether oxygens (including phenoxy) is 1. The highest BCUT2D eigenvalue weighted by Gasteiger charge is 2.21. The molecular weight excluding hydrogens is 454 g/mol. The Hall–Kier alpha value is -4.46. The fourth-order valence-electron chi connectivity index (χ4n) is 4.47. The Balaban J connectivity index is 1.61. The highest BCUT2D eigenvalue weighted by Crippen LogP contribution is 2.30. The Kier molecular flexibility index (Phi) is 6.49. The number of benzene rings is 2. The van der Waals surface area contributed by atoms with Crippen LogP contribution < -0.4 is 15.4 Å². The number of fused-ring (bicyclic) bond motifs is 7. The van der Waals surface area contributed by atoms with Crippen LogP contribution in [-0.2, 0) is 11.3 Å². The molecule has 0 saturated carbocycles. The summed E-state index contributed by atoms with van der Waals surface area (Å²) < 4.78 is 8.08. The number of para-hydroxylation sites is 3. The van der Waals surface area contributed by atoms with E-state index in [0.29, 0.717) is 48.9 Å². The van der Waals surface area contributed by atoms with Gasteiger partial charge in [0.1, 0.15) is 5.75 Å². The van der Waals surface area contributed by atoms with Crippen molar-refractivity contribution in [1.82, 2.24) is 19.9 Å². The number of hydrogen-bond acceptors (Lipinski definition) is 5. The Morgan fingerprint density at radius 2 is 1.97 bits per heavy atom. The van der Waals surface area contributed by atoms with Gasteiger partial charge in [-0.25, -0.2) is 4.98 Å². The summed E-state index contributed by atoms with van der Waals surface area (Å²) in [7, 11) is 0. The fraction of sp³-hybridized carbons (Fsp3) is 0.214. The molecule has 0 spiro atoms. The zero-order valence-electron chi connectivity index (χ0n) is 20.0. The smallest absolute Gasteiger partial charge is 0.258 e. The van der Waals surface area contributed by atoms with Crippen molar-refractivity contribution in [2.75, 3.05) is 11.9 Å². The average Bonchev–Trinajstić information content (AvgIpc) is 3.22. The normalized spacial score (nSPS) is 15.9. The van der Waals surface area contributed by atoms with Crippen LogP contribution in [0.2, 0.25) is 0 Å². The van der Waals surface area contributed by atoms with Crippen molar-refractivity contribution < 1.29 is 14.3 Å². The minimum atomic E-state index is -0.293. The van der Waals surface area contributed by atoms with Gasteiger partial charge in [0.15, 0.2) is 0 Å². The van der Waals surface area contributed by atoms with Crippen LogP contribution in [-0.4, -0.2) is 39.0 Å². The van der Waals surface area contributed by atoms with Gasteiger partial charge in [-0.05, 0) is 62.2 Å². The van der Waals surface area contributed by atoms with Crippen LogP contribution in [0.3, 0.4) is 0 Å². The van der Waals surface area contributed by atoms with E-state index in [1.54, 1.807) is 12.1 Å². The maximum Gasteiger partial charge on any atom is 0.258 e. The molecule has 8 nitrogen and oxygen atoms in total. The van der Waals surface area contributed by atoms with E-state index in [1.807, 2.05) is 60.0 Å². The highest BCUT2D eigenvalue weighted by atomic mass is 16.5. The van der Waals surface area contributed by atoms with Crippen molar-refractivity contribution in [2.24, 2.45) is 0 Å². The largest absolute Gasteiger partial charge is 0.493 e. The van der Waals surface area contributed by atoms with E-state index in [4.69, 9.17) is 4.74 Å². The second-order valence-electron chi connectivity index (χ2n) is 8.77. The monoisotopic (exact) mass is 481 g/mol. The van der Waals surface area contributed by atoms with Gasteiger partial charge in [0, 0.05) is 29.4 Å². The van der Waals surface area contributed by atoms with Crippen LogP contribution in [0.5, 0.6) is 5.75 Å². The first-order chi connectivity index (χ1) is 17.5. The second-order valence-corrected chi connectivity index (χ2v) is 8.77. The van der Waals surface area contributed by atoms with Crippen LogP contribution in [0.15, 0.2) is 73.3 Å². The molecule has 2 aromatic heterocycles. The van der Waals surface area contributed by atoms with Gasteiger partial charge in [0.2, 0.25) is 11.9 Å². The Bertz CT molecular complexity index is 1460. The molecule has 2 N–H and O–H groups in total. The lowest BCUT2D eigenvalue weighted by Crippen LogP contribution is -2.37. The molecule has 1 atom stereocenters. The molecule has 0 fully saturated rings. The van der Waals surface area contributed by atoms with E-state index in [-0.39, 0.29) is 17.9 Å². The first-order valence-electron chi connectivity index (χ1n) is 11.9. The zero-order valence-corrected chi connectivity index (χ0v) is 20.0. The molecule has 36 heavy (non-hydrogen) atoms. The van der Waals surface area contributed by atoms with Crippen LogP contribution in [0.1, 0.15) is 28.9 Å². The quantitative estimate of drug-likeness (QED) is 0.411. The van der Waals surface area contributed by atoms with Crippen molar-refractivity contribution in [3.8, 4) is 17.0 Å². The van der Waals surface area contributed by atoms with Crippen LogP contribution >= 0.6 is 0 Å². The molecule has 5 rings (SSSR count). The number of carbonyl (C=O) groups excluding carboxylic acids is 2. The highest BCUT2D eigenvalue weighted by molar-refractivity contribution is 6.04. The topological polar surface area (TPSA) is 98.1 Å². The number of aryl methyl sites for hydroxylation is 1. The first kappa shape index (κ1) is 23.3. The molecule has 1 aliphatic heterocycles. The predicted octanol–water partition coefficient (Wildman–Crippen LogP) is 4.50. The second kappa shape index (κ2) is 10.0. The number of carbonyl (C=O) groups is 2. The van der Waals surface area contributed by atoms with E-state index in [9.17, 15) is 9.59 Å². The van der Waals surface area contributed by atoms with Crippen molar-refractivity contribution in [3.63, 3.8) is 0 Å². The van der Waals surface area contributed by atoms with Gasteiger partial charge >= 0.3 is 0 Å². The summed E-state index contributed by atoms with van der Waals surface area (Å²) in [5, 5.41) is 6.00. The molecule has 2 bridgehead atoms. The lowest BCUT2D eigenvalue weighted by molar-refractivity contribution is -0.117. The number of aromatic nitrogens is 3. The summed E-state index contributed by atoms with van der Waals surface area (Å²) in [6, 6.07) is 18.6. The molecular formula is C28H27N5O3. The lowest BCUT2D eigenvalue weighted by atomic mass is 10.1. The summed E-state index contributed by atoms with van der Waals surface area (Å²) >= 11 is 0. The van der Waals surface area contributed by atoms with Gasteiger partial charge < -0.3 is 14.6 Å². The third-order valence-corrected chi connectivity index (χ3v) is 6.15. The van der Waals surface area contributed by atoms with Crippen molar-refractivity contribution in [1.29, 1.82) is 0 Å². The van der Waals surface area contributed by atoms with Crippen LogP contribution in [0, 0.1) is 6.92 Å².